The molecule has 5 aromatic carbocycles. The molecule has 0 aliphatic heterocycles. The van der Waals surface area contributed by atoms with Crippen LogP contribution in [-0.4, -0.2) is 63.4 Å². The minimum absolute atomic E-state index is 0.159. The first-order valence-corrected chi connectivity index (χ1v) is 20.2. The van der Waals surface area contributed by atoms with E-state index in [-0.39, 0.29) is 28.9 Å². The molecule has 0 aliphatic carbocycles. The lowest BCUT2D eigenvalue weighted by Crippen LogP contribution is -2.26. The Bertz CT molecular complexity index is 2740. The van der Waals surface area contributed by atoms with Gasteiger partial charge in [0.1, 0.15) is 6.29 Å². The van der Waals surface area contributed by atoms with E-state index in [1.807, 2.05) is 141 Å². The van der Waals surface area contributed by atoms with E-state index in [0.717, 1.165) is 77.1 Å². The van der Waals surface area contributed by atoms with Gasteiger partial charge in [0.15, 0.2) is 0 Å². The number of benzene rings is 5. The summed E-state index contributed by atoms with van der Waals surface area (Å²) in [6.07, 6.45) is 1.83. The number of hydrogen-bond acceptors (Lipinski definition) is 9. The Morgan fingerprint density at radius 1 is 0.721 bits per heavy atom. The lowest BCUT2D eigenvalue weighted by atomic mass is 9.87. The molecule has 3 heterocycles. The number of anilines is 1. The quantitative estimate of drug-likeness (QED) is 0.0250. The summed E-state index contributed by atoms with van der Waals surface area (Å²) in [4.78, 5) is 39.3. The number of nitro groups is 2. The molecule has 0 aliphatic rings. The maximum Gasteiger partial charge on any atom is 0.499 e. The standard InChI is InChI=1S/C23H21N3O2.C21H19BN2O4S.C3H4O/c1-24-18-13-11-17(12-14-18)23-22(19-9-5-6-10-21(19)25-23)20(15-26(27)28)16-7-3-2-4-8-16;1-13-7-8-15-17(11-13)23-21(14-5-3-2-4-6-14)20(15)16(12-24(27)28)18-9-10-19(29-18)22(25)26;1-2-3-4/h2-14,20,24-25H,15H2,1H3;2-11,16,23,25-26H,12H2,1H3;2-3H,1H2. The van der Waals surface area contributed by atoms with Crippen molar-refractivity contribution < 1.29 is 24.7 Å². The van der Waals surface area contributed by atoms with Gasteiger partial charge in [0.2, 0.25) is 13.1 Å². The number of fused-ring (bicyclic) bond motifs is 2. The molecule has 5 N–H and O–H groups in total. The van der Waals surface area contributed by atoms with Crippen molar-refractivity contribution in [2.24, 2.45) is 0 Å². The molecule has 14 heteroatoms. The first kappa shape index (κ1) is 43.5. The highest BCUT2D eigenvalue weighted by Crippen LogP contribution is 2.41. The normalized spacial score (nSPS) is 11.7. The molecule has 8 rings (SSSR count). The predicted octanol–water partition coefficient (Wildman–Crippen LogP) is 8.95. The number of aromatic nitrogens is 2. The maximum absolute atomic E-state index is 11.6. The second kappa shape index (κ2) is 20.2. The Labute approximate surface area is 356 Å². The van der Waals surface area contributed by atoms with Crippen LogP contribution in [0, 0.1) is 27.2 Å². The average molecular weight is 834 g/mol. The monoisotopic (exact) mass is 833 g/mol. The molecule has 0 amide bonds. The number of aryl methyl sites for hydroxylation is 1. The van der Waals surface area contributed by atoms with Crippen molar-refractivity contribution in [1.29, 1.82) is 0 Å². The van der Waals surface area contributed by atoms with Crippen LogP contribution in [-0.2, 0) is 4.79 Å². The molecule has 2 atom stereocenters. The Morgan fingerprint density at radius 3 is 1.85 bits per heavy atom. The van der Waals surface area contributed by atoms with Gasteiger partial charge in [-0.05, 0) is 71.1 Å². The lowest BCUT2D eigenvalue weighted by molar-refractivity contribution is -0.481. The van der Waals surface area contributed by atoms with Crippen molar-refractivity contribution in [1.82, 2.24) is 9.97 Å². The van der Waals surface area contributed by atoms with E-state index >= 15 is 0 Å². The number of hydrogen-bond donors (Lipinski definition) is 5. The van der Waals surface area contributed by atoms with Crippen molar-refractivity contribution >= 4 is 57.0 Å². The second-order valence-electron chi connectivity index (χ2n) is 14.1. The third-order valence-corrected chi connectivity index (χ3v) is 11.4. The van der Waals surface area contributed by atoms with Crippen molar-refractivity contribution in [3.8, 4) is 22.5 Å². The number of allylic oxidation sites excluding steroid dienone is 1. The van der Waals surface area contributed by atoms with Crippen LogP contribution in [0.15, 0.2) is 152 Å². The molecular weight excluding hydrogens is 789 g/mol. The number of H-pyrrole nitrogens is 2. The fraction of sp³-hybridized carbons (Fsp3) is 0.128. The zero-order valence-corrected chi connectivity index (χ0v) is 34.3. The largest absolute Gasteiger partial charge is 0.499 e. The summed E-state index contributed by atoms with van der Waals surface area (Å²) in [6, 6.07) is 44.9. The Kier molecular flexibility index (Phi) is 14.4. The van der Waals surface area contributed by atoms with Gasteiger partial charge in [-0.25, -0.2) is 0 Å². The van der Waals surface area contributed by atoms with Crippen molar-refractivity contribution in [3.63, 3.8) is 0 Å². The van der Waals surface area contributed by atoms with Gasteiger partial charge < -0.3 is 25.3 Å². The third-order valence-electron chi connectivity index (χ3n) is 10.2. The Hall–Kier alpha value is -7.13. The third kappa shape index (κ3) is 10.4. The molecule has 3 aromatic heterocycles. The summed E-state index contributed by atoms with van der Waals surface area (Å²) in [5.41, 5.74) is 10.5. The van der Waals surface area contributed by atoms with Gasteiger partial charge in [-0.1, -0.05) is 116 Å². The highest BCUT2D eigenvalue weighted by atomic mass is 32.1. The Balaban J connectivity index is 0.000000188. The molecule has 0 spiro atoms. The van der Waals surface area contributed by atoms with Crippen LogP contribution in [0.25, 0.3) is 44.3 Å². The van der Waals surface area contributed by atoms with Gasteiger partial charge in [-0.3, -0.25) is 25.0 Å². The first-order chi connectivity index (χ1) is 29.5. The van der Waals surface area contributed by atoms with Crippen LogP contribution in [0.2, 0.25) is 0 Å². The fourth-order valence-corrected chi connectivity index (χ4v) is 8.43. The number of para-hydroxylation sites is 1. The number of aromatic amines is 2. The molecule has 0 fully saturated rings. The molecule has 0 radical (unpaired) electrons. The molecule has 8 aromatic rings. The van der Waals surface area contributed by atoms with E-state index in [9.17, 15) is 30.3 Å². The molecule has 0 saturated heterocycles. The van der Waals surface area contributed by atoms with Crippen LogP contribution < -0.4 is 10.1 Å². The van der Waals surface area contributed by atoms with Gasteiger partial charge in [0, 0.05) is 59.6 Å². The molecule has 0 saturated carbocycles. The van der Waals surface area contributed by atoms with Crippen molar-refractivity contribution in [2.45, 2.75) is 18.8 Å². The summed E-state index contributed by atoms with van der Waals surface area (Å²) in [5.74, 6) is -0.861. The number of aldehydes is 1. The average Bonchev–Trinajstić information content (AvgIpc) is 4.02. The minimum Gasteiger partial charge on any atom is -0.423 e. The topological polar surface area (TPSA) is 187 Å². The highest BCUT2D eigenvalue weighted by molar-refractivity contribution is 7.22. The Morgan fingerprint density at radius 2 is 1.26 bits per heavy atom. The molecule has 0 bridgehead atoms. The number of carbonyl (C=O) groups excluding carboxylic acids is 1. The van der Waals surface area contributed by atoms with E-state index in [1.54, 1.807) is 12.1 Å². The van der Waals surface area contributed by atoms with E-state index < -0.39 is 13.0 Å². The summed E-state index contributed by atoms with van der Waals surface area (Å²) in [5, 5.41) is 47.1. The van der Waals surface area contributed by atoms with Crippen LogP contribution in [0.4, 0.5) is 5.69 Å². The fourth-order valence-electron chi connectivity index (χ4n) is 7.45. The van der Waals surface area contributed by atoms with Crippen LogP contribution in [0.3, 0.4) is 0 Å². The van der Waals surface area contributed by atoms with Crippen molar-refractivity contribution in [2.75, 3.05) is 25.5 Å². The SMILES string of the molecule is C=CC=O.CNc1ccc(-c2[nH]c3ccccc3c2C(C[N+](=O)[O-])c2ccccc2)cc1.Cc1ccc2c(C(C[N+](=O)[O-])c3ccc(B(O)O)s3)c(-c3ccccc3)[nH]c2c1. The maximum atomic E-state index is 11.6. The van der Waals surface area contributed by atoms with Gasteiger partial charge >= 0.3 is 7.12 Å². The summed E-state index contributed by atoms with van der Waals surface area (Å²) in [6.45, 7) is 4.67. The van der Waals surface area contributed by atoms with E-state index in [4.69, 9.17) is 4.79 Å². The van der Waals surface area contributed by atoms with Gasteiger partial charge in [-0.2, -0.15) is 0 Å². The summed E-state index contributed by atoms with van der Waals surface area (Å²) in [7, 11) is 0.288. The molecule has 12 nitrogen and oxygen atoms in total. The smallest absolute Gasteiger partial charge is 0.423 e. The molecular formula is C47H44BN5O7S. The molecule has 308 valence electrons. The molecule has 2 unspecified atom stereocenters. The van der Waals surface area contributed by atoms with Crippen LogP contribution in [0.5, 0.6) is 0 Å². The first-order valence-electron chi connectivity index (χ1n) is 19.4. The second-order valence-corrected chi connectivity index (χ2v) is 15.3. The van der Waals surface area contributed by atoms with Gasteiger partial charge in [0.05, 0.1) is 23.2 Å². The summed E-state index contributed by atoms with van der Waals surface area (Å²) >= 11 is 1.19. The summed E-state index contributed by atoms with van der Waals surface area (Å²) < 4.78 is 0.366. The van der Waals surface area contributed by atoms with Crippen LogP contribution in [0.1, 0.15) is 39.0 Å². The predicted molar refractivity (Wildman–Crippen MR) is 246 cm³/mol. The number of rotatable bonds is 13. The minimum atomic E-state index is -1.59. The van der Waals surface area contributed by atoms with E-state index in [0.29, 0.717) is 11.1 Å². The van der Waals surface area contributed by atoms with Crippen molar-refractivity contribution in [3.05, 3.63) is 200 Å². The number of thiophene rings is 1. The zero-order valence-electron chi connectivity index (χ0n) is 33.5. The lowest BCUT2D eigenvalue weighted by Gasteiger charge is -2.16. The number of carbonyl (C=O) groups is 1. The van der Waals surface area contributed by atoms with Gasteiger partial charge in [-0.15, -0.1) is 11.3 Å². The van der Waals surface area contributed by atoms with Gasteiger partial charge in [0.25, 0.3) is 0 Å². The highest BCUT2D eigenvalue weighted by Gasteiger charge is 2.30. The molecule has 61 heavy (non-hydrogen) atoms. The zero-order chi connectivity index (χ0) is 43.5. The van der Waals surface area contributed by atoms with Crippen LogP contribution >= 0.6 is 11.3 Å². The number of nitrogens with one attached hydrogen (secondary N) is 3. The number of nitrogens with zero attached hydrogens (tertiary/aromatic N) is 2. The van der Waals surface area contributed by atoms with E-state index in [2.05, 4.69) is 21.9 Å². The van der Waals surface area contributed by atoms with E-state index in [1.165, 1.54) is 17.4 Å².